The summed E-state index contributed by atoms with van der Waals surface area (Å²) in [7, 11) is 0. The molecular formula is C16H27NO4. The monoisotopic (exact) mass is 297 g/mol. The topological polar surface area (TPSA) is 82.0 Å². The molecule has 120 valence electrons. The van der Waals surface area contributed by atoms with Crippen LogP contribution in [0.3, 0.4) is 0 Å². The molecule has 1 unspecified atom stereocenters. The van der Waals surface area contributed by atoms with Crippen molar-refractivity contribution < 1.29 is 20.1 Å². The molecular weight excluding hydrogens is 270 g/mol. The summed E-state index contributed by atoms with van der Waals surface area (Å²) in [6.07, 6.45) is 5.05. The molecule has 5 nitrogen and oxygen atoms in total. The first-order valence-corrected chi connectivity index (χ1v) is 7.63. The number of unbranched alkanes of at least 4 members (excludes halogenated alkanes) is 3. The minimum Gasteiger partial charge on any atom is -0.504 e. The average Bonchev–Trinajstić information content (AvgIpc) is 2.51. The van der Waals surface area contributed by atoms with Crippen molar-refractivity contribution in [2.24, 2.45) is 0 Å². The van der Waals surface area contributed by atoms with Gasteiger partial charge in [0.15, 0.2) is 11.5 Å². The molecule has 0 spiro atoms. The van der Waals surface area contributed by atoms with Crippen molar-refractivity contribution in [1.29, 1.82) is 0 Å². The van der Waals surface area contributed by atoms with Gasteiger partial charge in [0.1, 0.15) is 0 Å². The van der Waals surface area contributed by atoms with Crippen molar-refractivity contribution >= 4 is 0 Å². The molecule has 5 heteroatoms. The summed E-state index contributed by atoms with van der Waals surface area (Å²) in [5.74, 6) is 0.712. The highest BCUT2D eigenvalue weighted by Crippen LogP contribution is 2.24. The number of nitrogens with one attached hydrogen (secondary N) is 1. The summed E-state index contributed by atoms with van der Waals surface area (Å²) in [5.41, 5.74) is 0. The van der Waals surface area contributed by atoms with Crippen LogP contribution in [0.25, 0.3) is 0 Å². The Balaban J connectivity index is 2.00. The molecule has 0 saturated carbocycles. The van der Waals surface area contributed by atoms with Crippen LogP contribution in [0.15, 0.2) is 24.3 Å². The first kappa shape index (κ1) is 17.8. The van der Waals surface area contributed by atoms with Crippen LogP contribution in [0.2, 0.25) is 0 Å². The van der Waals surface area contributed by atoms with Crippen molar-refractivity contribution in [3.63, 3.8) is 0 Å². The molecule has 0 saturated heterocycles. The predicted molar refractivity (Wildman–Crippen MR) is 82.6 cm³/mol. The van der Waals surface area contributed by atoms with E-state index in [4.69, 9.17) is 14.9 Å². The van der Waals surface area contributed by atoms with E-state index in [-0.39, 0.29) is 25.0 Å². The fourth-order valence-electron chi connectivity index (χ4n) is 2.13. The zero-order valence-electron chi connectivity index (χ0n) is 12.5. The van der Waals surface area contributed by atoms with E-state index in [9.17, 15) is 5.11 Å². The van der Waals surface area contributed by atoms with E-state index in [1.807, 2.05) is 6.07 Å². The maximum absolute atomic E-state index is 9.54. The van der Waals surface area contributed by atoms with Crippen molar-refractivity contribution in [2.45, 2.75) is 38.1 Å². The van der Waals surface area contributed by atoms with E-state index in [1.54, 1.807) is 18.2 Å². The summed E-state index contributed by atoms with van der Waals surface area (Å²) in [6.45, 7) is 1.33. The smallest absolute Gasteiger partial charge is 0.160 e. The van der Waals surface area contributed by atoms with Gasteiger partial charge < -0.3 is 25.4 Å². The van der Waals surface area contributed by atoms with Gasteiger partial charge in [0, 0.05) is 12.6 Å². The highest BCUT2D eigenvalue weighted by Gasteiger charge is 2.05. The van der Waals surface area contributed by atoms with Crippen LogP contribution in [0.1, 0.15) is 32.1 Å². The zero-order chi connectivity index (χ0) is 15.3. The quantitative estimate of drug-likeness (QED) is 0.441. The molecule has 0 aromatic heterocycles. The number of ether oxygens (including phenoxy) is 1. The molecule has 1 aromatic rings. The van der Waals surface area contributed by atoms with E-state index in [0.717, 1.165) is 32.1 Å². The molecule has 0 aliphatic rings. The highest BCUT2D eigenvalue weighted by molar-refractivity contribution is 5.37. The second kappa shape index (κ2) is 11.4. The fourth-order valence-corrected chi connectivity index (χ4v) is 2.13. The molecule has 0 fully saturated rings. The number of aliphatic hydroxyl groups is 2. The van der Waals surface area contributed by atoms with Crippen LogP contribution in [-0.2, 0) is 0 Å². The SMILES string of the molecule is OCCNC(CO)CCCCCCOc1ccccc1O. The molecule has 21 heavy (non-hydrogen) atoms. The van der Waals surface area contributed by atoms with Crippen LogP contribution < -0.4 is 10.1 Å². The molecule has 0 radical (unpaired) electrons. The van der Waals surface area contributed by atoms with Gasteiger partial charge in [-0.1, -0.05) is 31.4 Å². The molecule has 0 heterocycles. The first-order valence-electron chi connectivity index (χ1n) is 7.63. The van der Waals surface area contributed by atoms with Crippen molar-refractivity contribution in [2.75, 3.05) is 26.4 Å². The van der Waals surface area contributed by atoms with Gasteiger partial charge in [0.2, 0.25) is 0 Å². The molecule has 1 atom stereocenters. The van der Waals surface area contributed by atoms with E-state index in [2.05, 4.69) is 5.32 Å². The molecule has 0 aliphatic carbocycles. The van der Waals surface area contributed by atoms with Crippen molar-refractivity contribution in [3.05, 3.63) is 24.3 Å². The van der Waals surface area contributed by atoms with E-state index in [0.29, 0.717) is 18.9 Å². The summed E-state index contributed by atoms with van der Waals surface area (Å²) in [6, 6.07) is 7.06. The molecule has 1 aromatic carbocycles. The van der Waals surface area contributed by atoms with Gasteiger partial charge in [-0.2, -0.15) is 0 Å². The number of rotatable bonds is 12. The Bertz CT molecular complexity index is 373. The fraction of sp³-hybridized carbons (Fsp3) is 0.625. The van der Waals surface area contributed by atoms with Crippen LogP contribution in [0.5, 0.6) is 11.5 Å². The maximum atomic E-state index is 9.54. The van der Waals surface area contributed by atoms with Crippen LogP contribution in [0, 0.1) is 0 Å². The summed E-state index contributed by atoms with van der Waals surface area (Å²) in [4.78, 5) is 0. The van der Waals surface area contributed by atoms with Crippen LogP contribution in [-0.4, -0.2) is 47.7 Å². The summed E-state index contributed by atoms with van der Waals surface area (Å²) < 4.78 is 5.51. The largest absolute Gasteiger partial charge is 0.504 e. The van der Waals surface area contributed by atoms with Gasteiger partial charge in [0.25, 0.3) is 0 Å². The van der Waals surface area contributed by atoms with E-state index >= 15 is 0 Å². The Morgan fingerprint density at radius 1 is 1.05 bits per heavy atom. The lowest BCUT2D eigenvalue weighted by atomic mass is 10.1. The van der Waals surface area contributed by atoms with Gasteiger partial charge in [-0.25, -0.2) is 0 Å². The molecule has 4 N–H and O–H groups in total. The number of aliphatic hydroxyl groups excluding tert-OH is 2. The number of hydrogen-bond donors (Lipinski definition) is 4. The van der Waals surface area contributed by atoms with Crippen molar-refractivity contribution in [3.8, 4) is 11.5 Å². The normalized spacial score (nSPS) is 12.3. The molecule has 1 rings (SSSR count). The lowest BCUT2D eigenvalue weighted by Crippen LogP contribution is -2.34. The minimum atomic E-state index is 0.0784. The number of phenolic OH excluding ortho intramolecular Hbond substituents is 1. The maximum Gasteiger partial charge on any atom is 0.160 e. The Labute approximate surface area is 126 Å². The summed E-state index contributed by atoms with van der Waals surface area (Å²) >= 11 is 0. The Hall–Kier alpha value is -1.30. The number of phenols is 1. The van der Waals surface area contributed by atoms with Gasteiger partial charge in [-0.05, 0) is 25.0 Å². The second-order valence-electron chi connectivity index (χ2n) is 5.08. The third-order valence-electron chi connectivity index (χ3n) is 3.33. The lowest BCUT2D eigenvalue weighted by molar-refractivity contribution is 0.217. The highest BCUT2D eigenvalue weighted by atomic mass is 16.5. The first-order chi connectivity index (χ1) is 10.3. The second-order valence-corrected chi connectivity index (χ2v) is 5.08. The van der Waals surface area contributed by atoms with E-state index < -0.39 is 0 Å². The van der Waals surface area contributed by atoms with E-state index in [1.165, 1.54) is 0 Å². The minimum absolute atomic E-state index is 0.0784. The van der Waals surface area contributed by atoms with Crippen molar-refractivity contribution in [1.82, 2.24) is 5.32 Å². The Morgan fingerprint density at radius 3 is 2.52 bits per heavy atom. The van der Waals surface area contributed by atoms with Gasteiger partial charge in [-0.15, -0.1) is 0 Å². The predicted octanol–water partition coefficient (Wildman–Crippen LogP) is 1.66. The number of para-hydroxylation sites is 2. The van der Waals surface area contributed by atoms with Gasteiger partial charge >= 0.3 is 0 Å². The number of hydrogen-bond acceptors (Lipinski definition) is 5. The molecule has 0 bridgehead atoms. The number of benzene rings is 1. The summed E-state index contributed by atoms with van der Waals surface area (Å²) in [5, 5.41) is 30.5. The lowest BCUT2D eigenvalue weighted by Gasteiger charge is -2.15. The Kier molecular flexibility index (Phi) is 9.61. The van der Waals surface area contributed by atoms with Gasteiger partial charge in [0.05, 0.1) is 19.8 Å². The van der Waals surface area contributed by atoms with Crippen LogP contribution in [0.4, 0.5) is 0 Å². The standard InChI is InChI=1S/C16H27NO4/c18-11-10-17-14(13-19)7-3-1-2-6-12-21-16-9-5-4-8-15(16)20/h4-5,8-9,14,17-20H,1-3,6-7,10-13H2. The zero-order valence-corrected chi connectivity index (χ0v) is 12.5. The Morgan fingerprint density at radius 2 is 1.81 bits per heavy atom. The van der Waals surface area contributed by atoms with Crippen LogP contribution >= 0.6 is 0 Å². The molecule has 0 amide bonds. The van der Waals surface area contributed by atoms with Gasteiger partial charge in [-0.3, -0.25) is 0 Å². The number of aromatic hydroxyl groups is 1. The molecule has 0 aliphatic heterocycles. The average molecular weight is 297 g/mol. The third kappa shape index (κ3) is 7.90. The third-order valence-corrected chi connectivity index (χ3v) is 3.33.